The van der Waals surface area contributed by atoms with Gasteiger partial charge in [0.05, 0.1) is 0 Å². The molecule has 0 amide bonds. The van der Waals surface area contributed by atoms with Gasteiger partial charge in [0.15, 0.2) is 5.17 Å². The number of rotatable bonds is 2. The Balaban J connectivity index is 0. The van der Waals surface area contributed by atoms with Crippen molar-refractivity contribution in [2.45, 2.75) is 27.2 Å². The Morgan fingerprint density at radius 1 is 1.42 bits per heavy atom. The molecule has 0 heterocycles. The molecule has 2 N–H and O–H groups in total. The molecule has 0 saturated heterocycles. The fourth-order valence-electron chi connectivity index (χ4n) is 0.526. The van der Waals surface area contributed by atoms with E-state index in [-0.39, 0.29) is 12.4 Å². The Morgan fingerprint density at radius 2 is 1.92 bits per heavy atom. The minimum atomic E-state index is 0. The molecule has 0 aliphatic rings. The third-order valence-electron chi connectivity index (χ3n) is 1.32. The van der Waals surface area contributed by atoms with Crippen molar-refractivity contribution in [3.05, 3.63) is 0 Å². The van der Waals surface area contributed by atoms with Gasteiger partial charge in [0, 0.05) is 12.8 Å². The number of hydrogen-bond donors (Lipinski definition) is 1. The first-order valence-corrected chi connectivity index (χ1v) is 4.79. The van der Waals surface area contributed by atoms with Crippen LogP contribution >= 0.6 is 24.2 Å². The Morgan fingerprint density at radius 3 is 2.25 bits per heavy atom. The lowest BCUT2D eigenvalue weighted by Gasteiger charge is -2.16. The summed E-state index contributed by atoms with van der Waals surface area (Å²) in [6, 6.07) is 0. The molecule has 0 unspecified atom stereocenters. The summed E-state index contributed by atoms with van der Waals surface area (Å²) in [5.41, 5.74) is 5.92. The van der Waals surface area contributed by atoms with E-state index in [9.17, 15) is 0 Å². The molecular formula is C8H19ClN2S. The van der Waals surface area contributed by atoms with Gasteiger partial charge in [0.2, 0.25) is 0 Å². The number of amidine groups is 1. The summed E-state index contributed by atoms with van der Waals surface area (Å²) in [5, 5.41) is 0.689. The van der Waals surface area contributed by atoms with Crippen LogP contribution in [0.15, 0.2) is 4.99 Å². The van der Waals surface area contributed by atoms with E-state index in [1.807, 2.05) is 0 Å². The van der Waals surface area contributed by atoms with Crippen molar-refractivity contribution < 1.29 is 0 Å². The van der Waals surface area contributed by atoms with Crippen LogP contribution in [0.1, 0.15) is 27.2 Å². The maximum absolute atomic E-state index is 5.52. The second kappa shape index (κ2) is 6.61. The van der Waals surface area contributed by atoms with E-state index in [1.165, 1.54) is 6.42 Å². The van der Waals surface area contributed by atoms with Crippen molar-refractivity contribution in [2.75, 3.05) is 12.8 Å². The maximum Gasteiger partial charge on any atom is 0.153 e. The zero-order chi connectivity index (χ0) is 8.91. The lowest BCUT2D eigenvalue weighted by atomic mass is 9.94. The van der Waals surface area contributed by atoms with Gasteiger partial charge in [-0.2, -0.15) is 0 Å². The highest BCUT2D eigenvalue weighted by Gasteiger charge is 2.09. The van der Waals surface area contributed by atoms with Gasteiger partial charge in [0.25, 0.3) is 0 Å². The van der Waals surface area contributed by atoms with Gasteiger partial charge in [-0.25, -0.2) is 0 Å². The van der Waals surface area contributed by atoms with Crippen molar-refractivity contribution in [3.63, 3.8) is 0 Å². The number of thioether (sulfide) groups is 1. The highest BCUT2D eigenvalue weighted by Crippen LogP contribution is 2.20. The SMILES string of the molecule is CN=C(N)SCCC(C)(C)C.Cl. The fraction of sp³-hybridized carbons (Fsp3) is 0.875. The van der Waals surface area contributed by atoms with E-state index in [0.717, 1.165) is 5.75 Å². The molecule has 0 aromatic heterocycles. The Bertz CT molecular complexity index is 140. The summed E-state index contributed by atoms with van der Waals surface area (Å²) < 4.78 is 0. The molecule has 0 aliphatic heterocycles. The number of nitrogens with two attached hydrogens (primary N) is 1. The third kappa shape index (κ3) is 10.1. The summed E-state index contributed by atoms with van der Waals surface area (Å²) in [7, 11) is 1.72. The molecule has 0 radical (unpaired) electrons. The minimum absolute atomic E-state index is 0. The van der Waals surface area contributed by atoms with Crippen LogP contribution in [0.25, 0.3) is 0 Å². The van der Waals surface area contributed by atoms with Crippen LogP contribution < -0.4 is 5.73 Å². The van der Waals surface area contributed by atoms with Crippen molar-refractivity contribution in [1.29, 1.82) is 0 Å². The smallest absolute Gasteiger partial charge is 0.153 e. The van der Waals surface area contributed by atoms with E-state index < -0.39 is 0 Å². The van der Waals surface area contributed by atoms with E-state index in [4.69, 9.17) is 5.73 Å². The Hall–Kier alpha value is 0.110. The summed E-state index contributed by atoms with van der Waals surface area (Å²) >= 11 is 1.63. The van der Waals surface area contributed by atoms with Gasteiger partial charge >= 0.3 is 0 Å². The maximum atomic E-state index is 5.52. The molecule has 0 aromatic carbocycles. The predicted octanol–water partition coefficient (Wildman–Crippen LogP) is 2.52. The van der Waals surface area contributed by atoms with Crippen LogP contribution in [-0.2, 0) is 0 Å². The quantitative estimate of drug-likeness (QED) is 0.562. The summed E-state index contributed by atoms with van der Waals surface area (Å²) in [4.78, 5) is 3.87. The molecule has 2 nitrogen and oxygen atoms in total. The number of nitrogens with zero attached hydrogens (tertiary/aromatic N) is 1. The number of hydrogen-bond acceptors (Lipinski definition) is 2. The van der Waals surface area contributed by atoms with Gasteiger partial charge in [0.1, 0.15) is 0 Å². The molecule has 0 aliphatic carbocycles. The second-order valence-corrected chi connectivity index (χ2v) is 4.84. The van der Waals surface area contributed by atoms with Crippen LogP contribution in [0.2, 0.25) is 0 Å². The van der Waals surface area contributed by atoms with E-state index in [1.54, 1.807) is 18.8 Å². The standard InChI is InChI=1S/C8H18N2S.ClH/c1-8(2,3)5-6-11-7(9)10-4;/h5-6H2,1-4H3,(H2,9,10);1H. The van der Waals surface area contributed by atoms with Crippen molar-refractivity contribution in [2.24, 2.45) is 16.1 Å². The van der Waals surface area contributed by atoms with Gasteiger partial charge in [-0.3, -0.25) is 4.99 Å². The lowest BCUT2D eigenvalue weighted by Crippen LogP contribution is -2.11. The first-order chi connectivity index (χ1) is 4.95. The molecule has 0 spiro atoms. The van der Waals surface area contributed by atoms with Crippen molar-refractivity contribution in [1.82, 2.24) is 0 Å². The highest BCUT2D eigenvalue weighted by molar-refractivity contribution is 8.13. The minimum Gasteiger partial charge on any atom is -0.379 e. The first-order valence-electron chi connectivity index (χ1n) is 3.81. The molecule has 0 atom stereocenters. The molecule has 12 heavy (non-hydrogen) atoms. The van der Waals surface area contributed by atoms with Crippen LogP contribution in [0.4, 0.5) is 0 Å². The molecule has 0 saturated carbocycles. The molecule has 0 aromatic rings. The van der Waals surface area contributed by atoms with Crippen LogP contribution in [0, 0.1) is 5.41 Å². The van der Waals surface area contributed by atoms with Gasteiger partial charge in [-0.15, -0.1) is 12.4 Å². The average molecular weight is 211 g/mol. The van der Waals surface area contributed by atoms with Crippen molar-refractivity contribution in [3.8, 4) is 0 Å². The molecular weight excluding hydrogens is 192 g/mol. The average Bonchev–Trinajstić information content (AvgIpc) is 1.85. The third-order valence-corrected chi connectivity index (χ3v) is 2.21. The van der Waals surface area contributed by atoms with Crippen molar-refractivity contribution >= 4 is 29.3 Å². The summed E-state index contributed by atoms with van der Waals surface area (Å²) in [6.45, 7) is 6.69. The summed E-state index contributed by atoms with van der Waals surface area (Å²) in [6.07, 6.45) is 1.17. The van der Waals surface area contributed by atoms with E-state index >= 15 is 0 Å². The van der Waals surface area contributed by atoms with Gasteiger partial charge in [-0.1, -0.05) is 32.5 Å². The van der Waals surface area contributed by atoms with E-state index in [0.29, 0.717) is 10.6 Å². The van der Waals surface area contributed by atoms with Gasteiger partial charge < -0.3 is 5.73 Å². The predicted molar refractivity (Wildman–Crippen MR) is 61.3 cm³/mol. The second-order valence-electron chi connectivity index (χ2n) is 3.72. The van der Waals surface area contributed by atoms with Crippen LogP contribution in [0.5, 0.6) is 0 Å². The fourth-order valence-corrected chi connectivity index (χ4v) is 1.58. The monoisotopic (exact) mass is 210 g/mol. The van der Waals surface area contributed by atoms with Crippen LogP contribution in [-0.4, -0.2) is 18.0 Å². The Kier molecular flexibility index (Phi) is 8.05. The normalized spacial score (nSPS) is 12.5. The molecule has 0 bridgehead atoms. The molecule has 0 fully saturated rings. The molecule has 4 heteroatoms. The number of aliphatic imine (C=N–C) groups is 1. The Labute approximate surface area is 85.8 Å². The van der Waals surface area contributed by atoms with Gasteiger partial charge in [-0.05, 0) is 11.8 Å². The zero-order valence-corrected chi connectivity index (χ0v) is 9.89. The lowest BCUT2D eigenvalue weighted by molar-refractivity contribution is 0.402. The largest absolute Gasteiger partial charge is 0.379 e. The number of halogens is 1. The summed E-state index contributed by atoms with van der Waals surface area (Å²) in [5.74, 6) is 1.06. The zero-order valence-electron chi connectivity index (χ0n) is 8.26. The van der Waals surface area contributed by atoms with E-state index in [2.05, 4.69) is 25.8 Å². The van der Waals surface area contributed by atoms with Crippen LogP contribution in [0.3, 0.4) is 0 Å². The molecule has 74 valence electrons. The topological polar surface area (TPSA) is 38.4 Å². The highest BCUT2D eigenvalue weighted by atomic mass is 35.5. The molecule has 0 rings (SSSR count). The first kappa shape index (κ1) is 14.6.